The minimum atomic E-state index is -4.39. The van der Waals surface area contributed by atoms with Gasteiger partial charge in [0.2, 0.25) is 0 Å². The number of ether oxygens (including phenoxy) is 1. The van der Waals surface area contributed by atoms with E-state index in [1.54, 1.807) is 18.2 Å². The first-order valence-electron chi connectivity index (χ1n) is 7.94. The Morgan fingerprint density at radius 2 is 2.08 bits per heavy atom. The van der Waals surface area contributed by atoms with Crippen LogP contribution in [0, 0.1) is 0 Å². The Bertz CT molecular complexity index is 546. The molecule has 0 aliphatic carbocycles. The average Bonchev–Trinajstić information content (AvgIpc) is 2.55. The summed E-state index contributed by atoms with van der Waals surface area (Å²) >= 11 is 0. The van der Waals surface area contributed by atoms with Gasteiger partial charge in [-0.05, 0) is 25.1 Å². The zero-order chi connectivity index (χ0) is 17.6. The fraction of sp³-hybridized carbons (Fsp3) is 0.562. The summed E-state index contributed by atoms with van der Waals surface area (Å²) in [5.41, 5.74) is 0.280. The van der Waals surface area contributed by atoms with Crippen molar-refractivity contribution in [1.82, 2.24) is 15.5 Å². The predicted molar refractivity (Wildman–Crippen MR) is 84.2 cm³/mol. The van der Waals surface area contributed by atoms with Crippen molar-refractivity contribution in [2.75, 3.05) is 39.3 Å². The number of benzene rings is 1. The summed E-state index contributed by atoms with van der Waals surface area (Å²) in [5.74, 6) is -0.0273. The highest BCUT2D eigenvalue weighted by Crippen LogP contribution is 2.25. The van der Waals surface area contributed by atoms with Gasteiger partial charge in [-0.1, -0.05) is 6.07 Å². The number of alkyl halides is 3. The third kappa shape index (κ3) is 5.10. The molecule has 1 aliphatic heterocycles. The number of carbonyl (C=O) groups excluding carboxylic acids is 1. The third-order valence-electron chi connectivity index (χ3n) is 3.83. The Kier molecular flexibility index (Phi) is 6.44. The lowest BCUT2D eigenvalue weighted by molar-refractivity contribution is -0.183. The van der Waals surface area contributed by atoms with Crippen LogP contribution >= 0.6 is 0 Å². The Morgan fingerprint density at radius 1 is 1.38 bits per heavy atom. The molecule has 8 heteroatoms. The number of nitrogens with zero attached hydrogens (tertiary/aromatic N) is 1. The first-order valence-corrected chi connectivity index (χ1v) is 7.94. The van der Waals surface area contributed by atoms with Crippen LogP contribution in [0.5, 0.6) is 5.75 Å². The first-order chi connectivity index (χ1) is 11.4. The minimum absolute atomic E-state index is 0.280. The molecule has 24 heavy (non-hydrogen) atoms. The quantitative estimate of drug-likeness (QED) is 0.823. The topological polar surface area (TPSA) is 53.6 Å². The van der Waals surface area contributed by atoms with Gasteiger partial charge in [0, 0.05) is 38.3 Å². The van der Waals surface area contributed by atoms with Crippen molar-refractivity contribution in [2.45, 2.75) is 19.1 Å². The number of hydrogen-bond acceptors (Lipinski definition) is 4. The number of hydrogen-bond donors (Lipinski definition) is 2. The Hall–Kier alpha value is -1.80. The minimum Gasteiger partial charge on any atom is -0.494 e. The largest absolute Gasteiger partial charge is 0.494 e. The van der Waals surface area contributed by atoms with Crippen molar-refractivity contribution < 1.29 is 22.7 Å². The van der Waals surface area contributed by atoms with Crippen molar-refractivity contribution in [2.24, 2.45) is 0 Å². The third-order valence-corrected chi connectivity index (χ3v) is 3.83. The molecule has 1 unspecified atom stereocenters. The fourth-order valence-corrected chi connectivity index (χ4v) is 2.63. The van der Waals surface area contributed by atoms with E-state index in [1.165, 1.54) is 11.0 Å². The maximum atomic E-state index is 13.3. The van der Waals surface area contributed by atoms with Crippen LogP contribution in [0.3, 0.4) is 0 Å². The summed E-state index contributed by atoms with van der Waals surface area (Å²) in [5, 5.41) is 5.42. The highest BCUT2D eigenvalue weighted by atomic mass is 19.4. The number of halogens is 3. The number of amides is 1. The monoisotopic (exact) mass is 345 g/mol. The highest BCUT2D eigenvalue weighted by Gasteiger charge is 2.43. The fourth-order valence-electron chi connectivity index (χ4n) is 2.63. The second-order valence-corrected chi connectivity index (χ2v) is 5.51. The highest BCUT2D eigenvalue weighted by molar-refractivity contribution is 5.94. The first kappa shape index (κ1) is 18.5. The summed E-state index contributed by atoms with van der Waals surface area (Å²) in [6.45, 7) is 3.42. The molecule has 0 aromatic heterocycles. The molecule has 1 aromatic carbocycles. The molecule has 0 bridgehead atoms. The molecule has 1 aromatic rings. The van der Waals surface area contributed by atoms with Crippen molar-refractivity contribution in [3.8, 4) is 5.75 Å². The van der Waals surface area contributed by atoms with E-state index >= 15 is 0 Å². The smallest absolute Gasteiger partial charge is 0.405 e. The van der Waals surface area contributed by atoms with E-state index in [0.29, 0.717) is 38.5 Å². The van der Waals surface area contributed by atoms with Gasteiger partial charge >= 0.3 is 6.18 Å². The molecular weight excluding hydrogens is 323 g/mol. The zero-order valence-electron chi connectivity index (χ0n) is 13.5. The van der Waals surface area contributed by atoms with Gasteiger partial charge in [0.15, 0.2) is 0 Å². The van der Waals surface area contributed by atoms with Crippen LogP contribution in [-0.2, 0) is 0 Å². The molecule has 1 atom stereocenters. The van der Waals surface area contributed by atoms with E-state index < -0.39 is 24.7 Å². The van der Waals surface area contributed by atoms with Gasteiger partial charge in [-0.25, -0.2) is 0 Å². The van der Waals surface area contributed by atoms with Gasteiger partial charge in [-0.15, -0.1) is 0 Å². The van der Waals surface area contributed by atoms with Gasteiger partial charge < -0.3 is 15.4 Å². The number of rotatable bonds is 6. The summed E-state index contributed by atoms with van der Waals surface area (Å²) in [6, 6.07) is 4.72. The van der Waals surface area contributed by atoms with Gasteiger partial charge in [0.1, 0.15) is 11.8 Å². The molecule has 0 saturated carbocycles. The maximum absolute atomic E-state index is 13.3. The van der Waals surface area contributed by atoms with Gasteiger partial charge in [0.05, 0.1) is 6.61 Å². The van der Waals surface area contributed by atoms with Gasteiger partial charge in [0.25, 0.3) is 5.91 Å². The summed E-state index contributed by atoms with van der Waals surface area (Å²) in [7, 11) is 0. The standard InChI is InChI=1S/C16H22F3N3O2/c1-2-24-13-5-3-4-12(10-13)15(23)21-11-14(16(17,18)19)22-8-6-20-7-9-22/h3-5,10,14,20H,2,6-9,11H2,1H3,(H,21,23). The SMILES string of the molecule is CCOc1cccc(C(=O)NCC(N2CCNCC2)C(F)(F)F)c1. The average molecular weight is 345 g/mol. The van der Waals surface area contributed by atoms with E-state index in [4.69, 9.17) is 4.74 Å². The van der Waals surface area contributed by atoms with E-state index in [1.807, 2.05) is 6.92 Å². The summed E-state index contributed by atoms with van der Waals surface area (Å²) < 4.78 is 45.2. The summed E-state index contributed by atoms with van der Waals surface area (Å²) in [4.78, 5) is 13.5. The van der Waals surface area contributed by atoms with Crippen LogP contribution in [-0.4, -0.2) is 62.4 Å². The number of piperazine rings is 1. The number of carbonyl (C=O) groups is 1. The summed E-state index contributed by atoms with van der Waals surface area (Å²) in [6.07, 6.45) is -4.39. The van der Waals surface area contributed by atoms with Crippen LogP contribution in [0.4, 0.5) is 13.2 Å². The van der Waals surface area contributed by atoms with Crippen LogP contribution in [0.25, 0.3) is 0 Å². The Morgan fingerprint density at radius 3 is 2.71 bits per heavy atom. The molecule has 1 aliphatic rings. The molecule has 1 heterocycles. The van der Waals surface area contributed by atoms with Crippen LogP contribution in [0.15, 0.2) is 24.3 Å². The van der Waals surface area contributed by atoms with Crippen molar-refractivity contribution >= 4 is 5.91 Å². The van der Waals surface area contributed by atoms with Gasteiger partial charge in [-0.3, -0.25) is 9.69 Å². The van der Waals surface area contributed by atoms with Crippen LogP contribution in [0.2, 0.25) is 0 Å². The lowest BCUT2D eigenvalue weighted by Crippen LogP contribution is -2.57. The van der Waals surface area contributed by atoms with Gasteiger partial charge in [-0.2, -0.15) is 13.2 Å². The molecule has 1 fully saturated rings. The second kappa shape index (κ2) is 8.34. The molecule has 5 nitrogen and oxygen atoms in total. The molecule has 1 saturated heterocycles. The van der Waals surface area contributed by atoms with E-state index in [2.05, 4.69) is 10.6 Å². The van der Waals surface area contributed by atoms with Crippen LogP contribution in [0.1, 0.15) is 17.3 Å². The second-order valence-electron chi connectivity index (χ2n) is 5.51. The van der Waals surface area contributed by atoms with E-state index in [9.17, 15) is 18.0 Å². The maximum Gasteiger partial charge on any atom is 0.405 e. The van der Waals surface area contributed by atoms with E-state index in [-0.39, 0.29) is 5.56 Å². The molecule has 1 amide bonds. The Labute approximate surface area is 139 Å². The molecule has 2 N–H and O–H groups in total. The molecule has 0 spiro atoms. The lowest BCUT2D eigenvalue weighted by atomic mass is 10.1. The van der Waals surface area contributed by atoms with Crippen molar-refractivity contribution in [3.63, 3.8) is 0 Å². The molecule has 134 valence electrons. The molecule has 0 radical (unpaired) electrons. The predicted octanol–water partition coefficient (Wildman–Crippen LogP) is 1.65. The lowest BCUT2D eigenvalue weighted by Gasteiger charge is -2.35. The zero-order valence-corrected chi connectivity index (χ0v) is 13.5. The Balaban J connectivity index is 2.00. The van der Waals surface area contributed by atoms with Crippen molar-refractivity contribution in [1.29, 1.82) is 0 Å². The molecular formula is C16H22F3N3O2. The van der Waals surface area contributed by atoms with Crippen molar-refractivity contribution in [3.05, 3.63) is 29.8 Å². The molecule has 2 rings (SSSR count). The number of nitrogens with one attached hydrogen (secondary N) is 2. The van der Waals surface area contributed by atoms with E-state index in [0.717, 1.165) is 0 Å². The van der Waals surface area contributed by atoms with Crippen LogP contribution < -0.4 is 15.4 Å². The normalized spacial score (nSPS) is 17.3.